The molecule has 0 spiro atoms. The largest absolute Gasteiger partial charge is 0.481 e. The summed E-state index contributed by atoms with van der Waals surface area (Å²) in [5, 5.41) is 21.4. The minimum Gasteiger partial charge on any atom is -0.481 e. The number of rotatable bonds is 8. The molecule has 0 aliphatic heterocycles. The highest BCUT2D eigenvalue weighted by atomic mass is 32.2. The number of amides is 1. The van der Waals surface area contributed by atoms with Crippen LogP contribution in [0.1, 0.15) is 17.1 Å². The molecule has 0 saturated carbocycles. The summed E-state index contributed by atoms with van der Waals surface area (Å²) >= 11 is 1.65. The van der Waals surface area contributed by atoms with Crippen molar-refractivity contribution >= 4 is 35.0 Å². The highest BCUT2D eigenvalue weighted by Crippen LogP contribution is 2.42. The number of hydrogen-bond donors (Lipinski definition) is 3. The van der Waals surface area contributed by atoms with E-state index in [-0.39, 0.29) is 18.1 Å². The van der Waals surface area contributed by atoms with Gasteiger partial charge in [0.2, 0.25) is 11.5 Å². The van der Waals surface area contributed by atoms with E-state index in [1.165, 1.54) is 12.3 Å². The highest BCUT2D eigenvalue weighted by molar-refractivity contribution is 7.99. The molecular weight excluding hydrogens is 357 g/mol. The van der Waals surface area contributed by atoms with Crippen molar-refractivity contribution in [2.24, 2.45) is 0 Å². The molecule has 0 saturated heterocycles. The summed E-state index contributed by atoms with van der Waals surface area (Å²) in [5.74, 6) is -1.94. The molecule has 11 heteroatoms. The molecule has 1 unspecified atom stereocenters. The van der Waals surface area contributed by atoms with E-state index in [9.17, 15) is 27.9 Å². The maximum atomic E-state index is 13.2. The van der Waals surface area contributed by atoms with Gasteiger partial charge in [0.25, 0.3) is 0 Å². The maximum absolute atomic E-state index is 13.2. The van der Waals surface area contributed by atoms with Gasteiger partial charge in [-0.15, -0.1) is 23.1 Å². The number of nitrogens with one attached hydrogen (secondary N) is 1. The van der Waals surface area contributed by atoms with Gasteiger partial charge in [-0.3, -0.25) is 9.59 Å². The fourth-order valence-electron chi connectivity index (χ4n) is 1.56. The number of carbonyl (C=O) groups is 2. The molecule has 23 heavy (non-hydrogen) atoms. The average molecular weight is 372 g/mol. The Balaban J connectivity index is 2.65. The lowest BCUT2D eigenvalue weighted by molar-refractivity contribution is -0.267. The molecule has 1 heterocycles. The fraction of sp³-hybridized carbons (Fsp3) is 0.583. The van der Waals surface area contributed by atoms with Crippen LogP contribution in [0.25, 0.3) is 0 Å². The number of aromatic nitrogens is 1. The SMILES string of the molecule is Cc1csc(C(O)(CC(=O)NCCSCC(=O)O)C(F)(F)F)n1. The number of thiazole rings is 1. The van der Waals surface area contributed by atoms with Crippen LogP contribution in [0.4, 0.5) is 13.2 Å². The number of carboxylic acids is 1. The normalized spacial score (nSPS) is 14.3. The van der Waals surface area contributed by atoms with Crippen LogP contribution in [0.15, 0.2) is 5.38 Å². The standard InChI is InChI=1S/C12H15F3N2O4S2/c1-7-5-23-10(17-7)11(21,12(13,14)15)4-8(18)16-2-3-22-6-9(19)20/h5,21H,2-4,6H2,1H3,(H,16,18)(H,19,20). The van der Waals surface area contributed by atoms with E-state index in [0.29, 0.717) is 17.0 Å². The Kier molecular flexibility index (Phi) is 6.84. The van der Waals surface area contributed by atoms with E-state index in [0.717, 1.165) is 11.8 Å². The predicted octanol–water partition coefficient (Wildman–Crippen LogP) is 1.53. The molecule has 0 aromatic carbocycles. The number of thioether (sulfide) groups is 1. The Morgan fingerprint density at radius 1 is 1.43 bits per heavy atom. The van der Waals surface area contributed by atoms with E-state index in [1.807, 2.05) is 0 Å². The quantitative estimate of drug-likeness (QED) is 0.599. The Morgan fingerprint density at radius 3 is 2.57 bits per heavy atom. The van der Waals surface area contributed by atoms with Crippen LogP contribution in [-0.2, 0) is 15.2 Å². The fourth-order valence-corrected chi connectivity index (χ4v) is 3.04. The number of carbonyl (C=O) groups excluding carboxylic acids is 1. The van der Waals surface area contributed by atoms with Crippen LogP contribution in [0.3, 0.4) is 0 Å². The molecular formula is C12H15F3N2O4S2. The molecule has 1 atom stereocenters. The van der Waals surface area contributed by atoms with E-state index in [2.05, 4.69) is 10.3 Å². The molecule has 1 rings (SSSR count). The number of halogens is 3. The topological polar surface area (TPSA) is 99.5 Å². The van der Waals surface area contributed by atoms with Crippen molar-refractivity contribution in [3.63, 3.8) is 0 Å². The lowest BCUT2D eigenvalue weighted by Crippen LogP contribution is -2.46. The monoisotopic (exact) mass is 372 g/mol. The molecule has 0 aliphatic rings. The Labute approximate surface area is 138 Å². The number of hydrogen-bond acceptors (Lipinski definition) is 6. The van der Waals surface area contributed by atoms with Gasteiger partial charge in [-0.1, -0.05) is 0 Å². The van der Waals surface area contributed by atoms with Crippen LogP contribution in [-0.4, -0.2) is 51.3 Å². The van der Waals surface area contributed by atoms with Gasteiger partial charge in [-0.05, 0) is 6.92 Å². The van der Waals surface area contributed by atoms with E-state index >= 15 is 0 Å². The van der Waals surface area contributed by atoms with E-state index in [1.54, 1.807) is 0 Å². The summed E-state index contributed by atoms with van der Waals surface area (Å²) < 4.78 is 39.5. The van der Waals surface area contributed by atoms with Crippen molar-refractivity contribution in [3.8, 4) is 0 Å². The first kappa shape index (κ1) is 19.7. The molecule has 3 N–H and O–H groups in total. The third-order valence-electron chi connectivity index (χ3n) is 2.65. The number of aliphatic carboxylic acids is 1. The van der Waals surface area contributed by atoms with Gasteiger partial charge in [0.05, 0.1) is 12.2 Å². The zero-order valence-electron chi connectivity index (χ0n) is 12.0. The Morgan fingerprint density at radius 2 is 2.09 bits per heavy atom. The number of aliphatic hydroxyl groups is 1. The molecule has 0 fully saturated rings. The minimum absolute atomic E-state index is 0.00160. The number of nitrogens with zero attached hydrogens (tertiary/aromatic N) is 1. The van der Waals surface area contributed by atoms with Crippen LogP contribution in [0, 0.1) is 6.92 Å². The van der Waals surface area contributed by atoms with Gasteiger partial charge in [0.1, 0.15) is 5.01 Å². The first-order valence-electron chi connectivity index (χ1n) is 6.34. The molecule has 0 radical (unpaired) electrons. The second-order valence-corrected chi connectivity index (χ2v) is 6.59. The van der Waals surface area contributed by atoms with Gasteiger partial charge >= 0.3 is 12.1 Å². The van der Waals surface area contributed by atoms with Crippen LogP contribution >= 0.6 is 23.1 Å². The second-order valence-electron chi connectivity index (χ2n) is 4.63. The molecule has 1 aromatic rings. The van der Waals surface area contributed by atoms with Gasteiger partial charge in [0, 0.05) is 23.4 Å². The van der Waals surface area contributed by atoms with Gasteiger partial charge in [-0.2, -0.15) is 13.2 Å². The lowest BCUT2D eigenvalue weighted by atomic mass is 9.99. The van der Waals surface area contributed by atoms with Crippen LogP contribution in [0.2, 0.25) is 0 Å². The maximum Gasteiger partial charge on any atom is 0.424 e. The first-order valence-corrected chi connectivity index (χ1v) is 8.37. The lowest BCUT2D eigenvalue weighted by Gasteiger charge is -2.27. The third-order valence-corrected chi connectivity index (χ3v) is 4.71. The van der Waals surface area contributed by atoms with Crippen molar-refractivity contribution in [2.75, 3.05) is 18.1 Å². The molecule has 6 nitrogen and oxygen atoms in total. The van der Waals surface area contributed by atoms with Crippen LogP contribution in [0.5, 0.6) is 0 Å². The zero-order chi connectivity index (χ0) is 17.7. The number of aryl methyl sites for hydroxylation is 1. The van der Waals surface area contributed by atoms with Crippen molar-refractivity contribution in [2.45, 2.75) is 25.1 Å². The van der Waals surface area contributed by atoms with Gasteiger partial charge in [-0.25, -0.2) is 4.98 Å². The van der Waals surface area contributed by atoms with E-state index in [4.69, 9.17) is 5.11 Å². The summed E-state index contributed by atoms with van der Waals surface area (Å²) in [6.45, 7) is 1.48. The van der Waals surface area contributed by atoms with Crippen molar-refractivity contribution in [3.05, 3.63) is 16.1 Å². The van der Waals surface area contributed by atoms with Crippen molar-refractivity contribution < 1.29 is 33.0 Å². The van der Waals surface area contributed by atoms with Crippen molar-refractivity contribution in [1.82, 2.24) is 10.3 Å². The van der Waals surface area contributed by atoms with Gasteiger partial charge < -0.3 is 15.5 Å². The first-order chi connectivity index (χ1) is 10.6. The smallest absolute Gasteiger partial charge is 0.424 e. The number of alkyl halides is 3. The minimum atomic E-state index is -5.05. The summed E-state index contributed by atoms with van der Waals surface area (Å²) in [5.41, 5.74) is -3.03. The predicted molar refractivity (Wildman–Crippen MR) is 79.4 cm³/mol. The second kappa shape index (κ2) is 7.97. The number of carboxylic acid groups (broad SMARTS) is 1. The molecule has 1 amide bonds. The van der Waals surface area contributed by atoms with E-state index < -0.39 is 35.1 Å². The average Bonchev–Trinajstić information content (AvgIpc) is 2.83. The van der Waals surface area contributed by atoms with Gasteiger partial charge in [0.15, 0.2) is 0 Å². The molecule has 0 aliphatic carbocycles. The van der Waals surface area contributed by atoms with Crippen LogP contribution < -0.4 is 5.32 Å². The molecule has 1 aromatic heterocycles. The molecule has 0 bridgehead atoms. The third kappa shape index (κ3) is 5.66. The Hall–Kier alpha value is -1.33. The Bertz CT molecular complexity index is 565. The molecule has 130 valence electrons. The summed E-state index contributed by atoms with van der Waals surface area (Å²) in [6.07, 6.45) is -6.25. The van der Waals surface area contributed by atoms with Crippen molar-refractivity contribution in [1.29, 1.82) is 0 Å². The highest BCUT2D eigenvalue weighted by Gasteiger charge is 2.58. The zero-order valence-corrected chi connectivity index (χ0v) is 13.6. The summed E-state index contributed by atoms with van der Waals surface area (Å²) in [6, 6.07) is 0. The summed E-state index contributed by atoms with van der Waals surface area (Å²) in [4.78, 5) is 25.6. The summed E-state index contributed by atoms with van der Waals surface area (Å²) in [7, 11) is 0.